The molecule has 1 aliphatic rings. The standard InChI is InChI=1S/C10H21NO3/c1-12-10(13-2)8-11-7-9-3-5-14-6-4-9/h9-11H,3-8H2,1-2H3. The van der Waals surface area contributed by atoms with E-state index in [4.69, 9.17) is 14.2 Å². The molecule has 0 unspecified atom stereocenters. The number of rotatable bonds is 6. The van der Waals surface area contributed by atoms with Gasteiger partial charge in [-0.15, -0.1) is 0 Å². The summed E-state index contributed by atoms with van der Waals surface area (Å²) < 4.78 is 15.5. The molecule has 14 heavy (non-hydrogen) atoms. The highest BCUT2D eigenvalue weighted by atomic mass is 16.7. The molecule has 0 bridgehead atoms. The number of hydrogen-bond acceptors (Lipinski definition) is 4. The Labute approximate surface area is 85.9 Å². The molecule has 1 N–H and O–H groups in total. The molecule has 1 saturated heterocycles. The SMILES string of the molecule is COC(CNCC1CCOCC1)OC. The molecule has 0 aliphatic carbocycles. The van der Waals surface area contributed by atoms with E-state index in [1.54, 1.807) is 14.2 Å². The summed E-state index contributed by atoms with van der Waals surface area (Å²) in [6.45, 7) is 3.60. The molecule has 4 heteroatoms. The highest BCUT2D eigenvalue weighted by molar-refractivity contribution is 4.66. The lowest BCUT2D eigenvalue weighted by Crippen LogP contribution is -2.34. The maximum Gasteiger partial charge on any atom is 0.169 e. The first-order valence-corrected chi connectivity index (χ1v) is 5.21. The van der Waals surface area contributed by atoms with E-state index < -0.39 is 0 Å². The smallest absolute Gasteiger partial charge is 0.169 e. The van der Waals surface area contributed by atoms with Gasteiger partial charge >= 0.3 is 0 Å². The van der Waals surface area contributed by atoms with Crippen LogP contribution in [0, 0.1) is 5.92 Å². The van der Waals surface area contributed by atoms with Crippen molar-refractivity contribution in [1.82, 2.24) is 5.32 Å². The first-order valence-electron chi connectivity index (χ1n) is 5.21. The summed E-state index contributed by atoms with van der Waals surface area (Å²) in [6.07, 6.45) is 2.20. The maximum absolute atomic E-state index is 5.29. The number of hydrogen-bond donors (Lipinski definition) is 1. The Morgan fingerprint density at radius 1 is 1.29 bits per heavy atom. The van der Waals surface area contributed by atoms with Crippen LogP contribution in [-0.2, 0) is 14.2 Å². The highest BCUT2D eigenvalue weighted by Gasteiger charge is 2.13. The van der Waals surface area contributed by atoms with Crippen molar-refractivity contribution in [1.29, 1.82) is 0 Å². The van der Waals surface area contributed by atoms with Crippen molar-refractivity contribution in [3.05, 3.63) is 0 Å². The van der Waals surface area contributed by atoms with Crippen molar-refractivity contribution < 1.29 is 14.2 Å². The Balaban J connectivity index is 2.01. The highest BCUT2D eigenvalue weighted by Crippen LogP contribution is 2.12. The fraction of sp³-hybridized carbons (Fsp3) is 1.00. The van der Waals surface area contributed by atoms with Crippen LogP contribution in [0.25, 0.3) is 0 Å². The van der Waals surface area contributed by atoms with Gasteiger partial charge in [0.1, 0.15) is 0 Å². The molecule has 0 spiro atoms. The quantitative estimate of drug-likeness (QED) is 0.642. The zero-order valence-electron chi connectivity index (χ0n) is 9.12. The molecule has 4 nitrogen and oxygen atoms in total. The van der Waals surface area contributed by atoms with E-state index in [1.165, 1.54) is 0 Å². The molecular formula is C10H21NO3. The molecular weight excluding hydrogens is 182 g/mol. The van der Waals surface area contributed by atoms with Crippen LogP contribution in [0.3, 0.4) is 0 Å². The van der Waals surface area contributed by atoms with E-state index in [9.17, 15) is 0 Å². The van der Waals surface area contributed by atoms with Crippen LogP contribution in [0.15, 0.2) is 0 Å². The van der Waals surface area contributed by atoms with Crippen LogP contribution < -0.4 is 5.32 Å². The van der Waals surface area contributed by atoms with E-state index in [0.29, 0.717) is 0 Å². The van der Waals surface area contributed by atoms with E-state index in [-0.39, 0.29) is 6.29 Å². The van der Waals surface area contributed by atoms with E-state index >= 15 is 0 Å². The largest absolute Gasteiger partial charge is 0.381 e. The molecule has 0 amide bonds. The molecule has 0 atom stereocenters. The molecule has 1 heterocycles. The van der Waals surface area contributed by atoms with Gasteiger partial charge in [0.15, 0.2) is 6.29 Å². The first-order chi connectivity index (χ1) is 6.86. The van der Waals surface area contributed by atoms with E-state index in [0.717, 1.165) is 45.1 Å². The van der Waals surface area contributed by atoms with Crippen molar-refractivity contribution in [2.45, 2.75) is 19.1 Å². The molecule has 1 rings (SSSR count). The number of nitrogens with one attached hydrogen (secondary N) is 1. The third kappa shape index (κ3) is 4.37. The van der Waals surface area contributed by atoms with Crippen molar-refractivity contribution in [2.75, 3.05) is 40.5 Å². The first kappa shape index (κ1) is 11.9. The Bertz CT molecular complexity index is 133. The predicted octanol–water partition coefficient (Wildman–Crippen LogP) is 0.621. The summed E-state index contributed by atoms with van der Waals surface area (Å²) in [6, 6.07) is 0. The van der Waals surface area contributed by atoms with Gasteiger partial charge in [0.05, 0.1) is 0 Å². The lowest BCUT2D eigenvalue weighted by Gasteiger charge is -2.23. The predicted molar refractivity (Wildman–Crippen MR) is 54.2 cm³/mol. The molecule has 0 aromatic heterocycles. The second kappa shape index (κ2) is 7.17. The molecule has 1 aliphatic heterocycles. The van der Waals surface area contributed by atoms with Gasteiger partial charge in [-0.2, -0.15) is 0 Å². The van der Waals surface area contributed by atoms with Gasteiger partial charge in [0, 0.05) is 34.0 Å². The van der Waals surface area contributed by atoms with Gasteiger partial charge in [-0.05, 0) is 25.3 Å². The van der Waals surface area contributed by atoms with E-state index in [1.807, 2.05) is 0 Å². The average Bonchev–Trinajstić information content (AvgIpc) is 2.26. The second-order valence-electron chi connectivity index (χ2n) is 3.61. The second-order valence-corrected chi connectivity index (χ2v) is 3.61. The number of methoxy groups -OCH3 is 2. The fourth-order valence-corrected chi connectivity index (χ4v) is 1.62. The molecule has 0 aromatic rings. The normalized spacial score (nSPS) is 19.1. The summed E-state index contributed by atoms with van der Waals surface area (Å²) in [7, 11) is 3.31. The zero-order valence-corrected chi connectivity index (χ0v) is 9.12. The van der Waals surface area contributed by atoms with Gasteiger partial charge in [0.2, 0.25) is 0 Å². The maximum atomic E-state index is 5.29. The fourth-order valence-electron chi connectivity index (χ4n) is 1.62. The Morgan fingerprint density at radius 3 is 2.50 bits per heavy atom. The Hall–Kier alpha value is -0.160. The minimum atomic E-state index is -0.130. The molecule has 1 fully saturated rings. The summed E-state index contributed by atoms with van der Waals surface area (Å²) in [5, 5.41) is 3.35. The van der Waals surface area contributed by atoms with Crippen molar-refractivity contribution in [2.24, 2.45) is 5.92 Å². The lowest BCUT2D eigenvalue weighted by molar-refractivity contribution is -0.0992. The van der Waals surface area contributed by atoms with E-state index in [2.05, 4.69) is 5.32 Å². The van der Waals surface area contributed by atoms with Crippen LogP contribution in [0.2, 0.25) is 0 Å². The van der Waals surface area contributed by atoms with Gasteiger partial charge in [-0.3, -0.25) is 0 Å². The summed E-state index contributed by atoms with van der Waals surface area (Å²) >= 11 is 0. The van der Waals surface area contributed by atoms with Crippen molar-refractivity contribution >= 4 is 0 Å². The van der Waals surface area contributed by atoms with Crippen LogP contribution in [-0.4, -0.2) is 46.8 Å². The van der Waals surface area contributed by atoms with Gasteiger partial charge in [-0.1, -0.05) is 0 Å². The van der Waals surface area contributed by atoms with Crippen LogP contribution in [0.1, 0.15) is 12.8 Å². The minimum Gasteiger partial charge on any atom is -0.381 e. The Kier molecular flexibility index (Phi) is 6.10. The monoisotopic (exact) mass is 203 g/mol. The topological polar surface area (TPSA) is 39.7 Å². The Morgan fingerprint density at radius 2 is 1.93 bits per heavy atom. The average molecular weight is 203 g/mol. The van der Waals surface area contributed by atoms with Crippen molar-refractivity contribution in [3.63, 3.8) is 0 Å². The van der Waals surface area contributed by atoms with Gasteiger partial charge in [0.25, 0.3) is 0 Å². The van der Waals surface area contributed by atoms with Crippen LogP contribution >= 0.6 is 0 Å². The third-order valence-corrected chi connectivity index (χ3v) is 2.61. The van der Waals surface area contributed by atoms with Gasteiger partial charge in [-0.25, -0.2) is 0 Å². The molecule has 84 valence electrons. The summed E-state index contributed by atoms with van der Waals surface area (Å²) in [5.41, 5.74) is 0. The summed E-state index contributed by atoms with van der Waals surface area (Å²) in [4.78, 5) is 0. The third-order valence-electron chi connectivity index (χ3n) is 2.61. The summed E-state index contributed by atoms with van der Waals surface area (Å²) in [5.74, 6) is 0.748. The zero-order chi connectivity index (χ0) is 10.2. The lowest BCUT2D eigenvalue weighted by atomic mass is 10.0. The van der Waals surface area contributed by atoms with Crippen molar-refractivity contribution in [3.8, 4) is 0 Å². The minimum absolute atomic E-state index is 0.130. The van der Waals surface area contributed by atoms with Crippen LogP contribution in [0.4, 0.5) is 0 Å². The van der Waals surface area contributed by atoms with Crippen LogP contribution in [0.5, 0.6) is 0 Å². The number of ether oxygens (including phenoxy) is 3. The molecule has 0 aromatic carbocycles. The molecule has 0 radical (unpaired) electrons. The van der Waals surface area contributed by atoms with Gasteiger partial charge < -0.3 is 19.5 Å². The molecule has 0 saturated carbocycles.